The Morgan fingerprint density at radius 3 is 2.26 bits per heavy atom. The largest absolute Gasteiger partial charge is 0.497 e. The summed E-state index contributed by atoms with van der Waals surface area (Å²) < 4.78 is 5.13. The summed E-state index contributed by atoms with van der Waals surface area (Å²) in [6, 6.07) is 14.5. The highest BCUT2D eigenvalue weighted by molar-refractivity contribution is 6.30. The molecule has 3 rings (SSSR count). The number of carbonyl (C=O) groups is 2. The van der Waals surface area contributed by atoms with Crippen molar-refractivity contribution in [2.75, 3.05) is 20.2 Å². The lowest BCUT2D eigenvalue weighted by atomic mass is 9.89. The Hall–Kier alpha value is -2.59. The molecule has 1 saturated heterocycles. The highest BCUT2D eigenvalue weighted by atomic mass is 35.5. The number of piperidine rings is 1. The maximum Gasteiger partial charge on any atom is 0.246 e. The van der Waals surface area contributed by atoms with Crippen LogP contribution in [-0.2, 0) is 4.79 Å². The van der Waals surface area contributed by atoms with Crippen molar-refractivity contribution in [3.63, 3.8) is 0 Å². The molecule has 1 heterocycles. The van der Waals surface area contributed by atoms with Gasteiger partial charge in [-0.05, 0) is 60.9 Å². The van der Waals surface area contributed by atoms with Crippen LogP contribution in [-0.4, -0.2) is 36.8 Å². The number of benzene rings is 2. The highest BCUT2D eigenvalue weighted by Crippen LogP contribution is 2.23. The van der Waals surface area contributed by atoms with Crippen molar-refractivity contribution in [3.05, 3.63) is 70.8 Å². The van der Waals surface area contributed by atoms with Crippen molar-refractivity contribution in [1.29, 1.82) is 0 Å². The van der Waals surface area contributed by atoms with Gasteiger partial charge in [-0.25, -0.2) is 0 Å². The standard InChI is InChI=1S/C22H22ClNO3/c1-27-20-9-5-17(6-10-20)22(26)18-12-14-24(15-13-18)21(25)11-4-16-2-7-19(23)8-3-16/h2-11,18H,12-15H2,1H3/b11-4+. The topological polar surface area (TPSA) is 46.6 Å². The number of hydrogen-bond donors (Lipinski definition) is 0. The van der Waals surface area contributed by atoms with Crippen LogP contribution in [0.3, 0.4) is 0 Å². The molecule has 0 radical (unpaired) electrons. The number of rotatable bonds is 5. The van der Waals surface area contributed by atoms with Crippen molar-refractivity contribution >= 4 is 29.4 Å². The average molecular weight is 384 g/mol. The SMILES string of the molecule is COc1ccc(C(=O)C2CCN(C(=O)/C=C/c3ccc(Cl)cc3)CC2)cc1. The highest BCUT2D eigenvalue weighted by Gasteiger charge is 2.27. The van der Waals surface area contributed by atoms with Gasteiger partial charge in [-0.15, -0.1) is 0 Å². The molecule has 2 aromatic rings. The molecule has 0 aromatic heterocycles. The van der Waals surface area contributed by atoms with E-state index in [1.165, 1.54) is 0 Å². The summed E-state index contributed by atoms with van der Waals surface area (Å²) in [5.74, 6) is 0.809. The minimum Gasteiger partial charge on any atom is -0.497 e. The first-order chi connectivity index (χ1) is 13.1. The monoisotopic (exact) mass is 383 g/mol. The lowest BCUT2D eigenvalue weighted by Crippen LogP contribution is -2.39. The Labute approximate surface area is 164 Å². The molecular formula is C22H22ClNO3. The van der Waals surface area contributed by atoms with Gasteiger partial charge in [0, 0.05) is 35.7 Å². The molecule has 5 heteroatoms. The van der Waals surface area contributed by atoms with Crippen LogP contribution in [0.25, 0.3) is 6.08 Å². The van der Waals surface area contributed by atoms with Crippen LogP contribution in [0.2, 0.25) is 5.02 Å². The molecule has 0 aliphatic carbocycles. The van der Waals surface area contributed by atoms with Gasteiger partial charge in [0.05, 0.1) is 7.11 Å². The lowest BCUT2D eigenvalue weighted by Gasteiger charge is -2.30. The molecule has 0 N–H and O–H groups in total. The van der Waals surface area contributed by atoms with E-state index in [0.29, 0.717) is 36.5 Å². The fourth-order valence-electron chi connectivity index (χ4n) is 3.20. The molecule has 0 bridgehead atoms. The first kappa shape index (κ1) is 19.2. The van der Waals surface area contributed by atoms with Crippen LogP contribution in [0, 0.1) is 5.92 Å². The van der Waals surface area contributed by atoms with E-state index in [-0.39, 0.29) is 17.6 Å². The molecule has 1 fully saturated rings. The smallest absolute Gasteiger partial charge is 0.246 e. The Balaban J connectivity index is 1.53. The number of halogens is 1. The zero-order valence-electron chi connectivity index (χ0n) is 15.2. The third kappa shape index (κ3) is 4.98. The van der Waals surface area contributed by atoms with E-state index in [0.717, 1.165) is 11.3 Å². The molecule has 2 aromatic carbocycles. The van der Waals surface area contributed by atoms with Gasteiger partial charge < -0.3 is 9.64 Å². The van der Waals surface area contributed by atoms with Gasteiger partial charge in [0.25, 0.3) is 0 Å². The van der Waals surface area contributed by atoms with Crippen LogP contribution in [0.4, 0.5) is 0 Å². The van der Waals surface area contributed by atoms with Crippen molar-refractivity contribution in [2.45, 2.75) is 12.8 Å². The van der Waals surface area contributed by atoms with Gasteiger partial charge in [0.1, 0.15) is 5.75 Å². The van der Waals surface area contributed by atoms with Crippen LogP contribution >= 0.6 is 11.6 Å². The summed E-state index contributed by atoms with van der Waals surface area (Å²) in [6.45, 7) is 1.19. The molecule has 140 valence electrons. The summed E-state index contributed by atoms with van der Waals surface area (Å²) in [7, 11) is 1.60. The molecule has 0 atom stereocenters. The first-order valence-electron chi connectivity index (χ1n) is 8.97. The number of carbonyl (C=O) groups excluding carboxylic acids is 2. The average Bonchev–Trinajstić information content (AvgIpc) is 2.73. The molecule has 0 unspecified atom stereocenters. The first-order valence-corrected chi connectivity index (χ1v) is 9.35. The van der Waals surface area contributed by atoms with Crippen LogP contribution < -0.4 is 4.74 Å². The van der Waals surface area contributed by atoms with Crippen molar-refractivity contribution in [1.82, 2.24) is 4.90 Å². The predicted molar refractivity (Wildman–Crippen MR) is 107 cm³/mol. The maximum absolute atomic E-state index is 12.6. The quantitative estimate of drug-likeness (QED) is 0.564. The third-order valence-electron chi connectivity index (χ3n) is 4.84. The molecule has 27 heavy (non-hydrogen) atoms. The van der Waals surface area contributed by atoms with Crippen LogP contribution in [0.5, 0.6) is 5.75 Å². The van der Waals surface area contributed by atoms with Gasteiger partial charge in [-0.3, -0.25) is 9.59 Å². The summed E-state index contributed by atoms with van der Waals surface area (Å²) >= 11 is 5.86. The molecule has 4 nitrogen and oxygen atoms in total. The number of amides is 1. The molecule has 0 saturated carbocycles. The van der Waals surface area contributed by atoms with Crippen LogP contribution in [0.15, 0.2) is 54.6 Å². The van der Waals surface area contributed by atoms with Gasteiger partial charge >= 0.3 is 0 Å². The predicted octanol–water partition coefficient (Wildman–Crippen LogP) is 4.48. The summed E-state index contributed by atoms with van der Waals surface area (Å²) in [4.78, 5) is 26.8. The van der Waals surface area contributed by atoms with Gasteiger partial charge in [0.2, 0.25) is 5.91 Å². The molecular weight excluding hydrogens is 362 g/mol. The van der Waals surface area contributed by atoms with Crippen molar-refractivity contribution < 1.29 is 14.3 Å². The second kappa shape index (κ2) is 8.87. The van der Waals surface area contributed by atoms with Crippen molar-refractivity contribution in [3.8, 4) is 5.75 Å². The van der Waals surface area contributed by atoms with E-state index in [1.807, 2.05) is 12.1 Å². The van der Waals surface area contributed by atoms with E-state index in [9.17, 15) is 9.59 Å². The third-order valence-corrected chi connectivity index (χ3v) is 5.09. The number of hydrogen-bond acceptors (Lipinski definition) is 3. The van der Waals surface area contributed by atoms with E-state index >= 15 is 0 Å². The van der Waals surface area contributed by atoms with E-state index < -0.39 is 0 Å². The van der Waals surface area contributed by atoms with Crippen LogP contribution in [0.1, 0.15) is 28.8 Å². The Morgan fingerprint density at radius 2 is 1.67 bits per heavy atom. The fourth-order valence-corrected chi connectivity index (χ4v) is 3.33. The van der Waals surface area contributed by atoms with Gasteiger partial charge in [-0.2, -0.15) is 0 Å². The molecule has 1 aliphatic heterocycles. The lowest BCUT2D eigenvalue weighted by molar-refractivity contribution is -0.127. The Morgan fingerprint density at radius 1 is 1.04 bits per heavy atom. The Bertz CT molecular complexity index is 820. The number of likely N-dealkylation sites (tertiary alicyclic amines) is 1. The summed E-state index contributed by atoms with van der Waals surface area (Å²) in [5.41, 5.74) is 1.63. The summed E-state index contributed by atoms with van der Waals surface area (Å²) in [5, 5.41) is 0.669. The normalized spacial score (nSPS) is 15.1. The number of Topliss-reactive ketones (excluding diaryl/α,β-unsaturated/α-hetero) is 1. The maximum atomic E-state index is 12.6. The minimum atomic E-state index is -0.0392. The number of ketones is 1. The zero-order valence-corrected chi connectivity index (χ0v) is 16.0. The number of nitrogens with zero attached hydrogens (tertiary/aromatic N) is 1. The second-order valence-corrected chi connectivity index (χ2v) is 7.01. The molecule has 1 amide bonds. The van der Waals surface area contributed by atoms with Gasteiger partial charge in [0.15, 0.2) is 5.78 Å². The van der Waals surface area contributed by atoms with Crippen molar-refractivity contribution in [2.24, 2.45) is 5.92 Å². The minimum absolute atomic E-state index is 0.0275. The van der Waals surface area contributed by atoms with E-state index in [4.69, 9.17) is 16.3 Å². The Kier molecular flexibility index (Phi) is 6.30. The second-order valence-electron chi connectivity index (χ2n) is 6.58. The molecule has 1 aliphatic rings. The number of ether oxygens (including phenoxy) is 1. The van der Waals surface area contributed by atoms with Gasteiger partial charge in [-0.1, -0.05) is 23.7 Å². The molecule has 0 spiro atoms. The number of methoxy groups -OCH3 is 1. The fraction of sp³-hybridized carbons (Fsp3) is 0.273. The van der Waals surface area contributed by atoms with E-state index in [1.54, 1.807) is 60.6 Å². The zero-order chi connectivity index (χ0) is 19.2. The summed E-state index contributed by atoms with van der Waals surface area (Å²) in [6.07, 6.45) is 4.74. The van der Waals surface area contributed by atoms with E-state index in [2.05, 4.69) is 0 Å².